The smallest absolute Gasteiger partial charge is 0.184 e. The van der Waals surface area contributed by atoms with Crippen molar-refractivity contribution in [2.75, 3.05) is 0 Å². The van der Waals surface area contributed by atoms with Crippen LogP contribution in [0.1, 0.15) is 53.4 Å². The highest BCUT2D eigenvalue weighted by Gasteiger charge is 2.51. The van der Waals surface area contributed by atoms with Crippen molar-refractivity contribution in [1.29, 1.82) is 0 Å². The summed E-state index contributed by atoms with van der Waals surface area (Å²) in [5, 5.41) is 0.300. The van der Waals surface area contributed by atoms with Gasteiger partial charge in [0.05, 0.1) is 13.7 Å². The van der Waals surface area contributed by atoms with Gasteiger partial charge in [-0.1, -0.05) is 59.7 Å². The van der Waals surface area contributed by atoms with Crippen molar-refractivity contribution in [3.05, 3.63) is 0 Å². The van der Waals surface area contributed by atoms with E-state index in [0.29, 0.717) is 5.04 Å². The number of hydrogen-bond donors (Lipinski definition) is 0. The predicted molar refractivity (Wildman–Crippen MR) is 94.4 cm³/mol. The minimum absolute atomic E-state index is 0.0388. The average molecular weight is 303 g/mol. The molecule has 1 atom stereocenters. The molecule has 0 spiro atoms. The van der Waals surface area contributed by atoms with Gasteiger partial charge in [0.15, 0.2) is 8.32 Å². The second-order valence-electron chi connectivity index (χ2n) is 8.78. The van der Waals surface area contributed by atoms with E-state index in [9.17, 15) is 0 Å². The van der Waals surface area contributed by atoms with Gasteiger partial charge in [-0.25, -0.2) is 0 Å². The maximum Gasteiger partial charge on any atom is 0.184 e. The Morgan fingerprint density at radius 2 is 1.32 bits per heavy atom. The van der Waals surface area contributed by atoms with Gasteiger partial charge in [-0.15, -0.1) is 0 Å². The van der Waals surface area contributed by atoms with Gasteiger partial charge in [-0.2, -0.15) is 0 Å². The highest BCUT2D eigenvalue weighted by atomic mass is 28.4. The topological polar surface area (TPSA) is 9.23 Å². The van der Waals surface area contributed by atoms with Crippen molar-refractivity contribution in [1.82, 2.24) is 0 Å². The quantitative estimate of drug-likeness (QED) is 0.378. The van der Waals surface area contributed by atoms with E-state index in [1.54, 1.807) is 0 Å². The first-order valence-electron chi connectivity index (χ1n) is 7.97. The number of rotatable bonds is 8. The van der Waals surface area contributed by atoms with Crippen LogP contribution in [0.4, 0.5) is 0 Å². The van der Waals surface area contributed by atoms with Crippen LogP contribution in [0, 0.1) is 0 Å². The summed E-state index contributed by atoms with van der Waals surface area (Å²) < 4.78 is 6.74. The fourth-order valence-electron chi connectivity index (χ4n) is 2.67. The summed E-state index contributed by atoms with van der Waals surface area (Å²) in [6.07, 6.45) is 5.12. The lowest BCUT2D eigenvalue weighted by Crippen LogP contribution is -2.55. The molecule has 0 N–H and O–H groups in total. The minimum Gasteiger partial charge on any atom is -0.412 e. The lowest BCUT2D eigenvalue weighted by atomic mass is 9.86. The summed E-state index contributed by atoms with van der Waals surface area (Å²) in [5.41, 5.74) is 0.0388. The third-order valence-corrected chi connectivity index (χ3v) is 10.3. The Morgan fingerprint density at radius 1 is 0.842 bits per heavy atom. The molecule has 0 aliphatic carbocycles. The standard InChI is InChI=1S/C16H38OSi2/c1-11-12-13-14-16(4,17-19(8,9)10)15(2,3)18(5,6)7/h11-14H2,1-10H3. The third-order valence-electron chi connectivity index (χ3n) is 4.99. The lowest BCUT2D eigenvalue weighted by molar-refractivity contribution is 0.0266. The van der Waals surface area contributed by atoms with Crippen molar-refractivity contribution >= 4 is 16.4 Å². The molecule has 0 fully saturated rings. The molecule has 0 bridgehead atoms. The predicted octanol–water partition coefficient (Wildman–Crippen LogP) is 6.30. The maximum absolute atomic E-state index is 6.74. The van der Waals surface area contributed by atoms with Gasteiger partial charge in [-0.3, -0.25) is 0 Å². The Kier molecular flexibility index (Phi) is 6.57. The molecule has 116 valence electrons. The summed E-state index contributed by atoms with van der Waals surface area (Å²) in [6, 6.07) is 0. The van der Waals surface area contributed by atoms with Crippen molar-refractivity contribution in [3.8, 4) is 0 Å². The first-order valence-corrected chi connectivity index (χ1v) is 14.9. The Bertz CT molecular complexity index is 273. The van der Waals surface area contributed by atoms with Gasteiger partial charge in [0.2, 0.25) is 0 Å². The fourth-order valence-corrected chi connectivity index (χ4v) is 6.25. The van der Waals surface area contributed by atoms with Crippen LogP contribution in [-0.4, -0.2) is 22.0 Å². The SMILES string of the molecule is CCCCCC(C)(O[Si](C)(C)C)C(C)(C)[Si](C)(C)C. The van der Waals surface area contributed by atoms with Crippen molar-refractivity contribution in [2.24, 2.45) is 0 Å². The molecule has 0 aromatic carbocycles. The maximum atomic E-state index is 6.74. The monoisotopic (exact) mass is 302 g/mol. The second kappa shape index (κ2) is 6.44. The van der Waals surface area contributed by atoms with E-state index in [1.807, 2.05) is 0 Å². The molecule has 0 saturated heterocycles. The third kappa shape index (κ3) is 5.35. The minimum atomic E-state index is -1.52. The number of unbranched alkanes of at least 4 members (excludes halogenated alkanes) is 2. The Labute approximate surface area is 124 Å². The Hall–Kier alpha value is 0.394. The first-order chi connectivity index (χ1) is 8.27. The molecule has 0 aromatic heterocycles. The molecule has 0 saturated carbocycles. The molecule has 1 unspecified atom stereocenters. The van der Waals surface area contributed by atoms with Crippen LogP contribution in [0.25, 0.3) is 0 Å². The second-order valence-corrected chi connectivity index (χ2v) is 19.0. The molecule has 0 amide bonds. The summed E-state index contributed by atoms with van der Waals surface area (Å²) >= 11 is 0. The van der Waals surface area contributed by atoms with Crippen LogP contribution in [0.3, 0.4) is 0 Å². The van der Waals surface area contributed by atoms with E-state index in [0.717, 1.165) is 0 Å². The highest BCUT2D eigenvalue weighted by Crippen LogP contribution is 2.52. The van der Waals surface area contributed by atoms with Crippen LogP contribution in [0.2, 0.25) is 44.3 Å². The molecule has 0 aromatic rings. The first kappa shape index (κ1) is 19.4. The summed E-state index contributed by atoms with van der Waals surface area (Å²) in [4.78, 5) is 0. The zero-order chi connectivity index (χ0) is 15.5. The molecular formula is C16H38OSi2. The fraction of sp³-hybridized carbons (Fsp3) is 1.00. The highest BCUT2D eigenvalue weighted by molar-refractivity contribution is 6.79. The van der Waals surface area contributed by atoms with Crippen molar-refractivity contribution in [3.63, 3.8) is 0 Å². The summed E-state index contributed by atoms with van der Waals surface area (Å²) in [6.45, 7) is 24.0. The molecule has 0 radical (unpaired) electrons. The normalized spacial score (nSPS) is 17.4. The van der Waals surface area contributed by atoms with E-state index in [2.05, 4.69) is 67.0 Å². The van der Waals surface area contributed by atoms with Gasteiger partial charge >= 0.3 is 0 Å². The van der Waals surface area contributed by atoms with E-state index >= 15 is 0 Å². The average Bonchev–Trinajstić information content (AvgIpc) is 2.13. The van der Waals surface area contributed by atoms with E-state index < -0.39 is 16.4 Å². The lowest BCUT2D eigenvalue weighted by Gasteiger charge is -2.53. The number of hydrogen-bond acceptors (Lipinski definition) is 1. The molecular weight excluding hydrogens is 264 g/mol. The van der Waals surface area contributed by atoms with E-state index in [4.69, 9.17) is 4.43 Å². The zero-order valence-corrected chi connectivity index (χ0v) is 17.2. The van der Waals surface area contributed by atoms with Gasteiger partial charge in [-0.05, 0) is 38.0 Å². The van der Waals surface area contributed by atoms with Crippen LogP contribution in [0.5, 0.6) is 0 Å². The van der Waals surface area contributed by atoms with Gasteiger partial charge in [0.25, 0.3) is 0 Å². The Balaban J connectivity index is 5.26. The van der Waals surface area contributed by atoms with Gasteiger partial charge in [0, 0.05) is 0 Å². The van der Waals surface area contributed by atoms with Crippen LogP contribution < -0.4 is 0 Å². The molecule has 0 aliphatic heterocycles. The Morgan fingerprint density at radius 3 is 1.63 bits per heavy atom. The summed E-state index contributed by atoms with van der Waals surface area (Å²) in [5.74, 6) is 0. The van der Waals surface area contributed by atoms with Crippen LogP contribution >= 0.6 is 0 Å². The van der Waals surface area contributed by atoms with Gasteiger partial charge < -0.3 is 4.43 Å². The molecule has 0 rings (SSSR count). The molecule has 0 heterocycles. The summed E-state index contributed by atoms with van der Waals surface area (Å²) in [7, 11) is -2.80. The van der Waals surface area contributed by atoms with Crippen molar-refractivity contribution < 1.29 is 4.43 Å². The van der Waals surface area contributed by atoms with Crippen LogP contribution in [-0.2, 0) is 4.43 Å². The zero-order valence-electron chi connectivity index (χ0n) is 15.2. The van der Waals surface area contributed by atoms with Gasteiger partial charge in [0.1, 0.15) is 0 Å². The largest absolute Gasteiger partial charge is 0.412 e. The van der Waals surface area contributed by atoms with Crippen molar-refractivity contribution in [2.45, 2.75) is 103 Å². The molecule has 3 heteroatoms. The molecule has 1 nitrogen and oxygen atoms in total. The van der Waals surface area contributed by atoms with E-state index in [-0.39, 0.29) is 5.60 Å². The van der Waals surface area contributed by atoms with E-state index in [1.165, 1.54) is 25.7 Å². The molecule has 19 heavy (non-hydrogen) atoms. The molecule has 0 aliphatic rings. The van der Waals surface area contributed by atoms with Crippen LogP contribution in [0.15, 0.2) is 0 Å².